The molecular formula is C20H19N3O2. The zero-order chi connectivity index (χ0) is 17.1. The van der Waals surface area contributed by atoms with E-state index in [9.17, 15) is 4.79 Å². The van der Waals surface area contributed by atoms with Crippen LogP contribution in [-0.4, -0.2) is 16.0 Å². The molecule has 1 N–H and O–H groups in total. The number of hydrogen-bond acceptors (Lipinski definition) is 4. The Balaban J connectivity index is 1.40. The molecule has 1 fully saturated rings. The fourth-order valence-corrected chi connectivity index (χ4v) is 2.82. The molecular weight excluding hydrogens is 314 g/mol. The van der Waals surface area contributed by atoms with E-state index in [0.29, 0.717) is 23.9 Å². The molecule has 0 unspecified atom stereocenters. The van der Waals surface area contributed by atoms with E-state index in [4.69, 9.17) is 4.52 Å². The Morgan fingerprint density at radius 3 is 2.52 bits per heavy atom. The number of nitrogens with one attached hydrogen (secondary N) is 1. The normalized spacial score (nSPS) is 14.1. The van der Waals surface area contributed by atoms with E-state index in [2.05, 4.69) is 15.5 Å². The topological polar surface area (TPSA) is 68.0 Å². The summed E-state index contributed by atoms with van der Waals surface area (Å²) in [5, 5.41) is 6.97. The molecule has 1 amide bonds. The van der Waals surface area contributed by atoms with Crippen molar-refractivity contribution in [3.05, 3.63) is 71.6 Å². The monoisotopic (exact) mass is 333 g/mol. The third-order valence-corrected chi connectivity index (χ3v) is 4.60. The summed E-state index contributed by atoms with van der Waals surface area (Å²) < 4.78 is 5.35. The minimum Gasteiger partial charge on any atom is -0.348 e. The van der Waals surface area contributed by atoms with E-state index in [1.165, 1.54) is 6.42 Å². The summed E-state index contributed by atoms with van der Waals surface area (Å²) in [6, 6.07) is 17.1. The van der Waals surface area contributed by atoms with Crippen LogP contribution >= 0.6 is 0 Å². The van der Waals surface area contributed by atoms with Gasteiger partial charge in [-0.15, -0.1) is 0 Å². The van der Waals surface area contributed by atoms with Crippen molar-refractivity contribution in [2.24, 2.45) is 0 Å². The highest BCUT2D eigenvalue weighted by molar-refractivity contribution is 5.94. The predicted molar refractivity (Wildman–Crippen MR) is 93.9 cm³/mol. The fraction of sp³-hybridized carbons (Fsp3) is 0.250. The Kier molecular flexibility index (Phi) is 4.29. The van der Waals surface area contributed by atoms with Crippen LogP contribution in [0.4, 0.5) is 0 Å². The van der Waals surface area contributed by atoms with Crippen molar-refractivity contribution in [1.82, 2.24) is 15.5 Å². The zero-order valence-corrected chi connectivity index (χ0v) is 13.8. The number of nitrogens with zero attached hydrogens (tertiary/aromatic N) is 2. The highest BCUT2D eigenvalue weighted by Crippen LogP contribution is 2.35. The highest BCUT2D eigenvalue weighted by atomic mass is 16.5. The van der Waals surface area contributed by atoms with E-state index in [1.54, 1.807) is 12.1 Å². The molecule has 0 spiro atoms. The van der Waals surface area contributed by atoms with Gasteiger partial charge in [-0.25, -0.2) is 0 Å². The first-order valence-corrected chi connectivity index (χ1v) is 8.56. The van der Waals surface area contributed by atoms with Crippen LogP contribution in [0.3, 0.4) is 0 Å². The maximum Gasteiger partial charge on any atom is 0.251 e. The van der Waals surface area contributed by atoms with Gasteiger partial charge >= 0.3 is 0 Å². The number of aromatic nitrogens is 2. The fourth-order valence-electron chi connectivity index (χ4n) is 2.82. The summed E-state index contributed by atoms with van der Waals surface area (Å²) >= 11 is 0. The van der Waals surface area contributed by atoms with Crippen LogP contribution in [0, 0.1) is 0 Å². The molecule has 0 aliphatic heterocycles. The maximum absolute atomic E-state index is 12.2. The average Bonchev–Trinajstić information content (AvgIpc) is 3.08. The lowest BCUT2D eigenvalue weighted by molar-refractivity contribution is 0.0951. The first-order valence-electron chi connectivity index (χ1n) is 8.56. The Labute approximate surface area is 146 Å². The molecule has 5 heteroatoms. The lowest BCUT2D eigenvalue weighted by atomic mass is 9.85. The molecule has 5 nitrogen and oxygen atoms in total. The van der Waals surface area contributed by atoms with Crippen molar-refractivity contribution < 1.29 is 9.32 Å². The molecule has 0 saturated heterocycles. The number of amides is 1. The SMILES string of the molecule is O=C(NCc1ccccc1)c1ccc(-c2noc(C3CCC3)n2)cc1. The molecule has 1 aliphatic rings. The lowest BCUT2D eigenvalue weighted by Crippen LogP contribution is -2.22. The smallest absolute Gasteiger partial charge is 0.251 e. The van der Waals surface area contributed by atoms with Crippen LogP contribution in [0.2, 0.25) is 0 Å². The lowest BCUT2D eigenvalue weighted by Gasteiger charge is -2.20. The molecule has 126 valence electrons. The van der Waals surface area contributed by atoms with E-state index in [1.807, 2.05) is 42.5 Å². The predicted octanol–water partition coefficient (Wildman–Crippen LogP) is 3.93. The van der Waals surface area contributed by atoms with Crippen LogP contribution < -0.4 is 5.32 Å². The Morgan fingerprint density at radius 1 is 1.08 bits per heavy atom. The maximum atomic E-state index is 12.2. The minimum absolute atomic E-state index is 0.0985. The van der Waals surface area contributed by atoms with Crippen molar-refractivity contribution in [3.8, 4) is 11.4 Å². The third kappa shape index (κ3) is 3.45. The van der Waals surface area contributed by atoms with Gasteiger partial charge in [-0.05, 0) is 30.5 Å². The van der Waals surface area contributed by atoms with Crippen LogP contribution in [0.25, 0.3) is 11.4 Å². The van der Waals surface area contributed by atoms with Gasteiger partial charge in [0.25, 0.3) is 5.91 Å². The van der Waals surface area contributed by atoms with Crippen molar-refractivity contribution >= 4 is 5.91 Å². The van der Waals surface area contributed by atoms with Crippen LogP contribution in [0.15, 0.2) is 59.1 Å². The van der Waals surface area contributed by atoms with E-state index < -0.39 is 0 Å². The van der Waals surface area contributed by atoms with Gasteiger partial charge in [-0.1, -0.05) is 54.0 Å². The standard InChI is InChI=1S/C20H19N3O2/c24-19(21-13-14-5-2-1-3-6-14)16-11-9-15(10-12-16)18-22-20(25-23-18)17-7-4-8-17/h1-3,5-6,9-12,17H,4,7-8,13H2,(H,21,24). The van der Waals surface area contributed by atoms with Gasteiger partial charge in [0.05, 0.1) is 0 Å². The number of carbonyl (C=O) groups excluding carboxylic acids is 1. The van der Waals surface area contributed by atoms with E-state index >= 15 is 0 Å². The Hall–Kier alpha value is -2.95. The third-order valence-electron chi connectivity index (χ3n) is 4.60. The van der Waals surface area contributed by atoms with Gasteiger partial charge in [0.15, 0.2) is 0 Å². The molecule has 1 heterocycles. The number of carbonyl (C=O) groups is 1. The molecule has 3 aromatic rings. The van der Waals surface area contributed by atoms with Gasteiger partial charge in [0.1, 0.15) is 0 Å². The molecule has 2 aromatic carbocycles. The van der Waals surface area contributed by atoms with E-state index in [0.717, 1.165) is 29.9 Å². The van der Waals surface area contributed by atoms with Gasteiger partial charge in [0, 0.05) is 23.6 Å². The molecule has 0 bridgehead atoms. The summed E-state index contributed by atoms with van der Waals surface area (Å²) in [6.07, 6.45) is 3.49. The molecule has 1 aliphatic carbocycles. The molecule has 4 rings (SSSR count). The second-order valence-corrected chi connectivity index (χ2v) is 6.33. The second kappa shape index (κ2) is 6.89. The molecule has 0 radical (unpaired) electrons. The highest BCUT2D eigenvalue weighted by Gasteiger charge is 2.25. The first-order chi connectivity index (χ1) is 12.3. The van der Waals surface area contributed by atoms with Crippen LogP contribution in [0.1, 0.15) is 47.0 Å². The Bertz CT molecular complexity index is 852. The molecule has 0 atom stereocenters. The summed E-state index contributed by atoms with van der Waals surface area (Å²) in [7, 11) is 0. The number of rotatable bonds is 5. The molecule has 1 aromatic heterocycles. The molecule has 25 heavy (non-hydrogen) atoms. The van der Waals surface area contributed by atoms with Crippen LogP contribution in [-0.2, 0) is 6.54 Å². The van der Waals surface area contributed by atoms with Crippen molar-refractivity contribution in [3.63, 3.8) is 0 Å². The summed E-state index contributed by atoms with van der Waals surface area (Å²) in [5.41, 5.74) is 2.54. The van der Waals surface area contributed by atoms with Gasteiger partial charge < -0.3 is 9.84 Å². The summed E-state index contributed by atoms with van der Waals surface area (Å²) in [6.45, 7) is 0.511. The minimum atomic E-state index is -0.0985. The summed E-state index contributed by atoms with van der Waals surface area (Å²) in [5.74, 6) is 1.63. The quantitative estimate of drug-likeness (QED) is 0.768. The van der Waals surface area contributed by atoms with Crippen LogP contribution in [0.5, 0.6) is 0 Å². The van der Waals surface area contributed by atoms with Gasteiger partial charge in [-0.3, -0.25) is 4.79 Å². The first kappa shape index (κ1) is 15.6. The number of benzene rings is 2. The van der Waals surface area contributed by atoms with E-state index in [-0.39, 0.29) is 5.91 Å². The zero-order valence-electron chi connectivity index (χ0n) is 13.8. The van der Waals surface area contributed by atoms with Gasteiger partial charge in [0.2, 0.25) is 11.7 Å². The van der Waals surface area contributed by atoms with Crippen molar-refractivity contribution in [2.45, 2.75) is 31.7 Å². The Morgan fingerprint density at radius 2 is 1.84 bits per heavy atom. The molecule has 1 saturated carbocycles. The second-order valence-electron chi connectivity index (χ2n) is 6.33. The van der Waals surface area contributed by atoms with Crippen molar-refractivity contribution in [1.29, 1.82) is 0 Å². The van der Waals surface area contributed by atoms with Gasteiger partial charge in [-0.2, -0.15) is 4.98 Å². The number of hydrogen-bond donors (Lipinski definition) is 1. The van der Waals surface area contributed by atoms with Crippen molar-refractivity contribution in [2.75, 3.05) is 0 Å². The average molecular weight is 333 g/mol. The summed E-state index contributed by atoms with van der Waals surface area (Å²) in [4.78, 5) is 16.7. The largest absolute Gasteiger partial charge is 0.348 e.